The first kappa shape index (κ1) is 17.9. The highest BCUT2D eigenvalue weighted by molar-refractivity contribution is 8.23. The zero-order chi connectivity index (χ0) is 15.2. The van der Waals surface area contributed by atoms with Crippen LogP contribution in [0.15, 0.2) is 18.2 Å². The molecule has 0 aromatic carbocycles. The number of halogens is 1. The van der Waals surface area contributed by atoms with Crippen molar-refractivity contribution in [2.24, 2.45) is 0 Å². The summed E-state index contributed by atoms with van der Waals surface area (Å²) in [6, 6.07) is 5.78. The zero-order valence-electron chi connectivity index (χ0n) is 12.5. The van der Waals surface area contributed by atoms with E-state index in [4.69, 9.17) is 28.6 Å². The molecular formula is C14H22ClNOS2Si. The van der Waals surface area contributed by atoms with Gasteiger partial charge in [0.15, 0.2) is 0 Å². The van der Waals surface area contributed by atoms with E-state index in [0.29, 0.717) is 21.0 Å². The Balaban J connectivity index is 2.64. The lowest BCUT2D eigenvalue weighted by atomic mass is 10.2. The fourth-order valence-electron chi connectivity index (χ4n) is 1.81. The van der Waals surface area contributed by atoms with Crippen LogP contribution in [0.1, 0.15) is 19.0 Å². The molecule has 112 valence electrons. The van der Waals surface area contributed by atoms with Crippen LogP contribution in [0.5, 0.6) is 0 Å². The first-order chi connectivity index (χ1) is 9.32. The Morgan fingerprint density at radius 1 is 1.45 bits per heavy atom. The maximum atomic E-state index is 5.93. The average Bonchev–Trinajstić information content (AvgIpc) is 2.33. The van der Waals surface area contributed by atoms with E-state index in [2.05, 4.69) is 24.6 Å². The van der Waals surface area contributed by atoms with Gasteiger partial charge in [-0.05, 0) is 44.1 Å². The molecule has 20 heavy (non-hydrogen) atoms. The van der Waals surface area contributed by atoms with Crippen LogP contribution in [-0.2, 0) is 11.2 Å². The molecule has 0 amide bonds. The van der Waals surface area contributed by atoms with Gasteiger partial charge < -0.3 is 4.74 Å². The summed E-state index contributed by atoms with van der Waals surface area (Å²) in [7, 11) is -1.31. The maximum absolute atomic E-state index is 5.93. The van der Waals surface area contributed by atoms with Crippen molar-refractivity contribution in [3.8, 4) is 0 Å². The topological polar surface area (TPSA) is 22.1 Å². The minimum absolute atomic E-state index is 0.530. The van der Waals surface area contributed by atoms with E-state index < -0.39 is 8.07 Å². The van der Waals surface area contributed by atoms with Crippen LogP contribution in [0.2, 0.25) is 24.8 Å². The van der Waals surface area contributed by atoms with Crippen molar-refractivity contribution >= 4 is 48.0 Å². The molecule has 1 atom stereocenters. The molecule has 0 N–H and O–H groups in total. The smallest absolute Gasteiger partial charge is 0.219 e. The zero-order valence-corrected chi connectivity index (χ0v) is 15.9. The molecule has 1 unspecified atom stereocenters. The van der Waals surface area contributed by atoms with E-state index in [1.54, 1.807) is 17.8 Å². The normalized spacial score (nSPS) is 13.1. The van der Waals surface area contributed by atoms with Crippen molar-refractivity contribution in [1.82, 2.24) is 4.98 Å². The molecule has 1 aromatic rings. The lowest BCUT2D eigenvalue weighted by Crippen LogP contribution is -2.37. The monoisotopic (exact) mass is 347 g/mol. The highest BCUT2D eigenvalue weighted by atomic mass is 35.5. The summed E-state index contributed by atoms with van der Waals surface area (Å²) in [5.41, 5.74) is 1.05. The van der Waals surface area contributed by atoms with Crippen molar-refractivity contribution < 1.29 is 4.74 Å². The molecule has 1 aromatic heterocycles. The van der Waals surface area contributed by atoms with Gasteiger partial charge in [-0.1, -0.05) is 49.1 Å². The standard InChI is InChI=1S/C14H22ClNOS2Si/c1-5-17-14(18)19-13(20(2,3)4)10-9-11-7-6-8-12(15)16-11/h6-8,13H,5,9-10H2,1-4H3. The van der Waals surface area contributed by atoms with Gasteiger partial charge in [-0.3, -0.25) is 0 Å². The second kappa shape index (κ2) is 8.37. The Morgan fingerprint density at radius 2 is 2.15 bits per heavy atom. The number of hydrogen-bond donors (Lipinski definition) is 0. The van der Waals surface area contributed by atoms with Crippen LogP contribution in [0.25, 0.3) is 0 Å². The third kappa shape index (κ3) is 6.57. The number of pyridine rings is 1. The van der Waals surface area contributed by atoms with Crippen LogP contribution in [0.4, 0.5) is 0 Å². The average molecular weight is 348 g/mol. The Bertz CT molecular complexity index is 451. The Labute approximate surface area is 137 Å². The van der Waals surface area contributed by atoms with Crippen LogP contribution < -0.4 is 0 Å². The molecule has 0 radical (unpaired) electrons. The fraction of sp³-hybridized carbons (Fsp3) is 0.571. The summed E-state index contributed by atoms with van der Waals surface area (Å²) in [6.07, 6.45) is 1.98. The SMILES string of the molecule is CCOC(=S)SC(CCc1cccc(Cl)n1)[Si](C)(C)C. The van der Waals surface area contributed by atoms with Gasteiger partial charge in [-0.15, -0.1) is 0 Å². The third-order valence-corrected chi connectivity index (χ3v) is 9.04. The summed E-state index contributed by atoms with van der Waals surface area (Å²) >= 11 is 12.9. The molecule has 0 bridgehead atoms. The van der Waals surface area contributed by atoms with Gasteiger partial charge in [0.1, 0.15) is 5.15 Å². The molecule has 6 heteroatoms. The summed E-state index contributed by atoms with van der Waals surface area (Å²) in [5, 5.41) is 0.560. The highest BCUT2D eigenvalue weighted by Crippen LogP contribution is 2.28. The molecule has 0 aliphatic rings. The van der Waals surface area contributed by atoms with Crippen LogP contribution in [-0.4, -0.2) is 28.9 Å². The molecular weight excluding hydrogens is 326 g/mol. The van der Waals surface area contributed by atoms with E-state index in [-0.39, 0.29) is 0 Å². The van der Waals surface area contributed by atoms with Gasteiger partial charge in [0, 0.05) is 10.6 Å². The second-order valence-electron chi connectivity index (χ2n) is 5.65. The first-order valence-electron chi connectivity index (χ1n) is 6.77. The molecule has 0 saturated carbocycles. The molecule has 0 aliphatic carbocycles. The van der Waals surface area contributed by atoms with Crippen molar-refractivity contribution in [2.75, 3.05) is 6.61 Å². The molecule has 0 spiro atoms. The summed E-state index contributed by atoms with van der Waals surface area (Å²) < 4.78 is 6.08. The molecule has 0 saturated heterocycles. The number of ether oxygens (including phenoxy) is 1. The molecule has 1 heterocycles. The molecule has 0 aliphatic heterocycles. The number of rotatable bonds is 6. The number of thiocarbonyl (C=S) groups is 1. The van der Waals surface area contributed by atoms with Gasteiger partial charge in [-0.25, -0.2) is 4.98 Å². The highest BCUT2D eigenvalue weighted by Gasteiger charge is 2.28. The number of hydrogen-bond acceptors (Lipinski definition) is 4. The van der Waals surface area contributed by atoms with Gasteiger partial charge in [0.05, 0.1) is 14.7 Å². The Kier molecular flexibility index (Phi) is 7.51. The fourth-order valence-corrected chi connectivity index (χ4v) is 6.11. The van der Waals surface area contributed by atoms with E-state index in [1.807, 2.05) is 19.1 Å². The van der Waals surface area contributed by atoms with Gasteiger partial charge in [0.2, 0.25) is 4.38 Å². The number of nitrogens with zero attached hydrogens (tertiary/aromatic N) is 1. The number of thioether (sulfide) groups is 1. The Hall–Kier alpha value is -0.103. The first-order valence-corrected chi connectivity index (χ1v) is 12.0. The predicted octanol–water partition coefficient (Wildman–Crippen LogP) is 4.97. The minimum Gasteiger partial charge on any atom is -0.479 e. The molecule has 2 nitrogen and oxygen atoms in total. The lowest BCUT2D eigenvalue weighted by molar-refractivity contribution is 0.346. The molecule has 1 rings (SSSR count). The third-order valence-electron chi connectivity index (χ3n) is 2.90. The number of aryl methyl sites for hydroxylation is 1. The minimum atomic E-state index is -1.31. The van der Waals surface area contributed by atoms with E-state index >= 15 is 0 Å². The van der Waals surface area contributed by atoms with Crippen molar-refractivity contribution in [1.29, 1.82) is 0 Å². The van der Waals surface area contributed by atoms with E-state index in [0.717, 1.165) is 18.5 Å². The summed E-state index contributed by atoms with van der Waals surface area (Å²) in [4.78, 5) is 4.88. The molecule has 0 fully saturated rings. The number of aromatic nitrogens is 1. The van der Waals surface area contributed by atoms with Crippen LogP contribution in [0, 0.1) is 0 Å². The quantitative estimate of drug-likeness (QED) is 0.411. The van der Waals surface area contributed by atoms with Gasteiger partial charge >= 0.3 is 0 Å². The second-order valence-corrected chi connectivity index (χ2v) is 13.7. The van der Waals surface area contributed by atoms with Crippen molar-refractivity contribution in [3.05, 3.63) is 29.0 Å². The lowest BCUT2D eigenvalue weighted by Gasteiger charge is -2.28. The maximum Gasteiger partial charge on any atom is 0.219 e. The van der Waals surface area contributed by atoms with Crippen molar-refractivity contribution in [2.45, 2.75) is 44.3 Å². The van der Waals surface area contributed by atoms with Crippen LogP contribution in [0.3, 0.4) is 0 Å². The van der Waals surface area contributed by atoms with Crippen molar-refractivity contribution in [3.63, 3.8) is 0 Å². The van der Waals surface area contributed by atoms with E-state index in [1.165, 1.54) is 0 Å². The Morgan fingerprint density at radius 3 is 2.70 bits per heavy atom. The van der Waals surface area contributed by atoms with Gasteiger partial charge in [0.25, 0.3) is 0 Å². The predicted molar refractivity (Wildman–Crippen MR) is 96.5 cm³/mol. The van der Waals surface area contributed by atoms with E-state index in [9.17, 15) is 0 Å². The van der Waals surface area contributed by atoms with Gasteiger partial charge in [-0.2, -0.15) is 0 Å². The summed E-state index contributed by atoms with van der Waals surface area (Å²) in [5.74, 6) is 0. The van der Waals surface area contributed by atoms with Crippen LogP contribution >= 0.6 is 35.6 Å². The summed E-state index contributed by atoms with van der Waals surface area (Å²) in [6.45, 7) is 9.70. The largest absolute Gasteiger partial charge is 0.479 e.